The minimum Gasteiger partial charge on any atom is -0.344 e. The first-order chi connectivity index (χ1) is 10.6. The van der Waals surface area contributed by atoms with Gasteiger partial charge in [-0.15, -0.1) is 0 Å². The summed E-state index contributed by atoms with van der Waals surface area (Å²) in [5.74, 6) is 0.0834. The number of nitrogens with one attached hydrogen (secondary N) is 1. The Morgan fingerprint density at radius 2 is 2.05 bits per heavy atom. The van der Waals surface area contributed by atoms with Gasteiger partial charge in [0.15, 0.2) is 0 Å². The van der Waals surface area contributed by atoms with Crippen LogP contribution in [0.15, 0.2) is 30.3 Å². The molecule has 0 aliphatic carbocycles. The summed E-state index contributed by atoms with van der Waals surface area (Å²) >= 11 is 0. The van der Waals surface area contributed by atoms with Gasteiger partial charge in [0.1, 0.15) is 0 Å². The average molecular weight is 303 g/mol. The predicted molar refractivity (Wildman–Crippen MR) is 86.6 cm³/mol. The standard InChI is InChI=1S/C17H25N3O2/c1-18-10-12-19(2)16(21)15-9-6-11-20(13-15)17(22)14-7-4-3-5-8-14/h3-5,7-8,15,18H,6,9-13H2,1-2H3. The lowest BCUT2D eigenvalue weighted by atomic mass is 9.96. The number of hydrogen-bond acceptors (Lipinski definition) is 3. The molecule has 2 rings (SSSR count). The van der Waals surface area contributed by atoms with Gasteiger partial charge in [-0.2, -0.15) is 0 Å². The highest BCUT2D eigenvalue weighted by atomic mass is 16.2. The second kappa shape index (κ2) is 7.94. The summed E-state index contributed by atoms with van der Waals surface area (Å²) < 4.78 is 0. The zero-order chi connectivity index (χ0) is 15.9. The predicted octanol–water partition coefficient (Wildman–Crippen LogP) is 1.22. The molecule has 2 amide bonds. The Morgan fingerprint density at radius 1 is 1.32 bits per heavy atom. The summed E-state index contributed by atoms with van der Waals surface area (Å²) in [6.07, 6.45) is 1.75. The normalized spacial score (nSPS) is 18.1. The number of likely N-dealkylation sites (tertiary alicyclic amines) is 1. The second-order valence-electron chi connectivity index (χ2n) is 5.82. The molecule has 1 aliphatic heterocycles. The van der Waals surface area contributed by atoms with Gasteiger partial charge in [0, 0.05) is 38.8 Å². The van der Waals surface area contributed by atoms with Gasteiger partial charge in [-0.25, -0.2) is 0 Å². The molecular weight excluding hydrogens is 278 g/mol. The van der Waals surface area contributed by atoms with E-state index in [2.05, 4.69) is 5.32 Å². The van der Waals surface area contributed by atoms with E-state index in [-0.39, 0.29) is 17.7 Å². The highest BCUT2D eigenvalue weighted by Gasteiger charge is 2.30. The van der Waals surface area contributed by atoms with Gasteiger partial charge < -0.3 is 15.1 Å². The zero-order valence-corrected chi connectivity index (χ0v) is 13.4. The fourth-order valence-corrected chi connectivity index (χ4v) is 2.83. The van der Waals surface area contributed by atoms with Crippen LogP contribution in [0.5, 0.6) is 0 Å². The molecule has 1 N–H and O–H groups in total. The van der Waals surface area contributed by atoms with Crippen LogP contribution in [0.2, 0.25) is 0 Å². The molecule has 1 fully saturated rings. The Balaban J connectivity index is 1.97. The van der Waals surface area contributed by atoms with Gasteiger partial charge >= 0.3 is 0 Å². The van der Waals surface area contributed by atoms with Crippen molar-refractivity contribution in [3.05, 3.63) is 35.9 Å². The quantitative estimate of drug-likeness (QED) is 0.890. The van der Waals surface area contributed by atoms with E-state index in [0.717, 1.165) is 25.9 Å². The molecule has 0 radical (unpaired) electrons. The molecule has 1 heterocycles. The van der Waals surface area contributed by atoms with E-state index < -0.39 is 0 Å². The monoisotopic (exact) mass is 303 g/mol. The SMILES string of the molecule is CNCCN(C)C(=O)C1CCCN(C(=O)c2ccccc2)C1. The Morgan fingerprint density at radius 3 is 2.73 bits per heavy atom. The van der Waals surface area contributed by atoms with Crippen molar-refractivity contribution < 1.29 is 9.59 Å². The molecule has 5 heteroatoms. The molecule has 0 saturated carbocycles. The summed E-state index contributed by atoms with van der Waals surface area (Å²) in [4.78, 5) is 28.5. The smallest absolute Gasteiger partial charge is 0.253 e. The van der Waals surface area contributed by atoms with Gasteiger partial charge in [0.25, 0.3) is 5.91 Å². The molecule has 1 unspecified atom stereocenters. The average Bonchev–Trinajstić information content (AvgIpc) is 2.59. The fraction of sp³-hybridized carbons (Fsp3) is 0.529. The van der Waals surface area contributed by atoms with Crippen molar-refractivity contribution in [1.82, 2.24) is 15.1 Å². The topological polar surface area (TPSA) is 52.7 Å². The minimum atomic E-state index is -0.0803. The van der Waals surface area contributed by atoms with E-state index in [4.69, 9.17) is 0 Å². The number of piperidine rings is 1. The fourth-order valence-electron chi connectivity index (χ4n) is 2.83. The molecule has 1 aliphatic rings. The minimum absolute atomic E-state index is 0.0241. The second-order valence-corrected chi connectivity index (χ2v) is 5.82. The van der Waals surface area contributed by atoms with Crippen LogP contribution >= 0.6 is 0 Å². The molecule has 1 atom stereocenters. The number of hydrogen-bond donors (Lipinski definition) is 1. The van der Waals surface area contributed by atoms with Crippen LogP contribution in [0.1, 0.15) is 23.2 Å². The number of nitrogens with zero attached hydrogens (tertiary/aromatic N) is 2. The molecule has 120 valence electrons. The van der Waals surface area contributed by atoms with Crippen molar-refractivity contribution >= 4 is 11.8 Å². The Kier molecular flexibility index (Phi) is 5.95. The Hall–Kier alpha value is -1.88. The van der Waals surface area contributed by atoms with Crippen LogP contribution in [-0.4, -0.2) is 61.9 Å². The van der Waals surface area contributed by atoms with Crippen LogP contribution in [0.25, 0.3) is 0 Å². The lowest BCUT2D eigenvalue weighted by molar-refractivity contribution is -0.135. The summed E-state index contributed by atoms with van der Waals surface area (Å²) in [7, 11) is 3.71. The number of carbonyl (C=O) groups excluding carboxylic acids is 2. The maximum Gasteiger partial charge on any atom is 0.253 e. The zero-order valence-electron chi connectivity index (χ0n) is 13.4. The van der Waals surface area contributed by atoms with Crippen LogP contribution < -0.4 is 5.32 Å². The largest absolute Gasteiger partial charge is 0.344 e. The summed E-state index contributed by atoms with van der Waals surface area (Å²) in [5.41, 5.74) is 0.694. The first-order valence-corrected chi connectivity index (χ1v) is 7.87. The molecule has 22 heavy (non-hydrogen) atoms. The molecule has 0 aromatic heterocycles. The molecule has 1 saturated heterocycles. The van der Waals surface area contributed by atoms with Gasteiger partial charge in [0.2, 0.25) is 5.91 Å². The van der Waals surface area contributed by atoms with E-state index in [9.17, 15) is 9.59 Å². The summed E-state index contributed by atoms with van der Waals surface area (Å²) in [6, 6.07) is 9.28. The van der Waals surface area contributed by atoms with Gasteiger partial charge in [-0.3, -0.25) is 9.59 Å². The van der Waals surface area contributed by atoms with Gasteiger partial charge in [-0.1, -0.05) is 18.2 Å². The van der Waals surface area contributed by atoms with E-state index in [1.165, 1.54) is 0 Å². The van der Waals surface area contributed by atoms with Crippen molar-refractivity contribution in [2.45, 2.75) is 12.8 Å². The molecule has 1 aromatic rings. The number of carbonyl (C=O) groups is 2. The maximum absolute atomic E-state index is 12.5. The Bertz CT molecular complexity index is 504. The molecule has 0 spiro atoms. The third-order valence-electron chi connectivity index (χ3n) is 4.15. The molecule has 0 bridgehead atoms. The van der Waals surface area contributed by atoms with Crippen LogP contribution in [0.3, 0.4) is 0 Å². The van der Waals surface area contributed by atoms with Crippen LogP contribution in [0, 0.1) is 5.92 Å². The van der Waals surface area contributed by atoms with Crippen molar-refractivity contribution in [2.75, 3.05) is 40.3 Å². The summed E-state index contributed by atoms with van der Waals surface area (Å²) in [5, 5.41) is 3.05. The van der Waals surface area contributed by atoms with Crippen molar-refractivity contribution in [2.24, 2.45) is 5.92 Å². The van der Waals surface area contributed by atoms with Crippen LogP contribution in [-0.2, 0) is 4.79 Å². The van der Waals surface area contributed by atoms with E-state index in [1.807, 2.05) is 49.3 Å². The highest BCUT2D eigenvalue weighted by molar-refractivity contribution is 5.94. The number of amides is 2. The molecular formula is C17H25N3O2. The molecule has 5 nitrogen and oxygen atoms in total. The van der Waals surface area contributed by atoms with E-state index >= 15 is 0 Å². The van der Waals surface area contributed by atoms with Gasteiger partial charge in [-0.05, 0) is 32.0 Å². The lowest BCUT2D eigenvalue weighted by Crippen LogP contribution is -2.46. The lowest BCUT2D eigenvalue weighted by Gasteiger charge is -2.34. The van der Waals surface area contributed by atoms with Crippen molar-refractivity contribution in [1.29, 1.82) is 0 Å². The van der Waals surface area contributed by atoms with Crippen LogP contribution in [0.4, 0.5) is 0 Å². The van der Waals surface area contributed by atoms with Crippen molar-refractivity contribution in [3.8, 4) is 0 Å². The highest BCUT2D eigenvalue weighted by Crippen LogP contribution is 2.20. The summed E-state index contributed by atoms with van der Waals surface area (Å²) in [6.45, 7) is 2.73. The number of rotatable bonds is 5. The third kappa shape index (κ3) is 4.07. The first kappa shape index (κ1) is 16.5. The maximum atomic E-state index is 12.5. The first-order valence-electron chi connectivity index (χ1n) is 7.87. The van der Waals surface area contributed by atoms with Crippen molar-refractivity contribution in [3.63, 3.8) is 0 Å². The number of likely N-dealkylation sites (N-methyl/N-ethyl adjacent to an activating group) is 2. The molecule has 1 aromatic carbocycles. The Labute approximate surface area is 132 Å². The van der Waals surface area contributed by atoms with E-state index in [0.29, 0.717) is 18.7 Å². The van der Waals surface area contributed by atoms with Gasteiger partial charge in [0.05, 0.1) is 5.92 Å². The number of benzene rings is 1. The van der Waals surface area contributed by atoms with E-state index in [1.54, 1.807) is 4.90 Å². The third-order valence-corrected chi connectivity index (χ3v) is 4.15.